The predicted molar refractivity (Wildman–Crippen MR) is 100 cm³/mol. The third kappa shape index (κ3) is 3.60. The molecule has 1 aliphatic rings. The molecule has 1 heterocycles. The van der Waals surface area contributed by atoms with Gasteiger partial charge in [-0.05, 0) is 30.3 Å². The van der Waals surface area contributed by atoms with E-state index < -0.39 is 0 Å². The summed E-state index contributed by atoms with van der Waals surface area (Å²) in [6.07, 6.45) is 0. The summed E-state index contributed by atoms with van der Waals surface area (Å²) in [7, 11) is 4.73. The van der Waals surface area contributed by atoms with E-state index in [1.54, 1.807) is 50.5 Å². The average Bonchev–Trinajstić information content (AvgIpc) is 2.78. The molecule has 2 aromatic carbocycles. The van der Waals surface area contributed by atoms with E-state index in [1.165, 1.54) is 0 Å². The molecule has 0 saturated heterocycles. The van der Waals surface area contributed by atoms with E-state index in [0.29, 0.717) is 40.2 Å². The minimum Gasteiger partial charge on any atom is -0.497 e. The first-order valence-electron chi connectivity index (χ1n) is 7.97. The predicted octanol–water partition coefficient (Wildman–Crippen LogP) is 3.64. The fraction of sp³-hybridized carbons (Fsp3) is 0.263. The third-order valence-electron chi connectivity index (χ3n) is 4.14. The van der Waals surface area contributed by atoms with Gasteiger partial charge in [0, 0.05) is 11.6 Å². The lowest BCUT2D eigenvalue weighted by atomic mass is 10.1. The zero-order valence-electron chi connectivity index (χ0n) is 14.8. The van der Waals surface area contributed by atoms with Crippen LogP contribution in [0.5, 0.6) is 17.2 Å². The summed E-state index contributed by atoms with van der Waals surface area (Å²) in [5.74, 6) is 1.74. The van der Waals surface area contributed by atoms with Gasteiger partial charge in [-0.25, -0.2) is 4.99 Å². The maximum absolute atomic E-state index is 13.1. The molecule has 1 aliphatic heterocycles. The molecule has 3 rings (SSSR count). The highest BCUT2D eigenvalue weighted by molar-refractivity contribution is 6.66. The molecule has 136 valence electrons. The van der Waals surface area contributed by atoms with E-state index in [-0.39, 0.29) is 12.5 Å². The molecule has 0 saturated carbocycles. The Balaban J connectivity index is 1.96. The monoisotopic (exact) mass is 374 g/mol. The molecule has 6 nitrogen and oxygen atoms in total. The second-order valence-corrected chi connectivity index (χ2v) is 6.15. The number of fused-ring (bicyclic) bond motifs is 1. The van der Waals surface area contributed by atoms with Crippen LogP contribution in [0.15, 0.2) is 41.4 Å². The molecule has 0 fully saturated rings. The molecule has 26 heavy (non-hydrogen) atoms. The quantitative estimate of drug-likeness (QED) is 0.801. The Hall–Kier alpha value is -2.73. The van der Waals surface area contributed by atoms with Crippen LogP contribution in [0.1, 0.15) is 15.9 Å². The Morgan fingerprint density at radius 3 is 2.42 bits per heavy atom. The average molecular weight is 375 g/mol. The van der Waals surface area contributed by atoms with E-state index in [9.17, 15) is 4.79 Å². The van der Waals surface area contributed by atoms with Gasteiger partial charge in [-0.2, -0.15) is 0 Å². The van der Waals surface area contributed by atoms with Crippen molar-refractivity contribution in [1.82, 2.24) is 4.90 Å². The molecular formula is C19H19ClN2O4. The molecule has 0 spiro atoms. The van der Waals surface area contributed by atoms with Gasteiger partial charge in [0.15, 0.2) is 0 Å². The fourth-order valence-electron chi connectivity index (χ4n) is 2.79. The number of halogens is 1. The van der Waals surface area contributed by atoms with Crippen LogP contribution >= 0.6 is 11.6 Å². The minimum absolute atomic E-state index is 0.170. The first kappa shape index (κ1) is 18.1. The molecule has 0 atom stereocenters. The van der Waals surface area contributed by atoms with Crippen molar-refractivity contribution in [3.05, 3.63) is 47.5 Å². The smallest absolute Gasteiger partial charge is 0.256 e. The van der Waals surface area contributed by atoms with Crippen LogP contribution in [0.25, 0.3) is 0 Å². The number of carbonyl (C=O) groups excluding carboxylic acids is 1. The van der Waals surface area contributed by atoms with Crippen LogP contribution in [0.3, 0.4) is 0 Å². The number of rotatable bonds is 5. The molecule has 1 amide bonds. The van der Waals surface area contributed by atoms with Crippen molar-refractivity contribution in [2.75, 3.05) is 27.9 Å². The number of benzene rings is 2. The molecule has 0 radical (unpaired) electrons. The van der Waals surface area contributed by atoms with E-state index in [0.717, 1.165) is 5.56 Å². The Kier molecular flexibility index (Phi) is 5.32. The second kappa shape index (κ2) is 7.66. The first-order chi connectivity index (χ1) is 12.5. The molecule has 7 heteroatoms. The van der Waals surface area contributed by atoms with E-state index in [2.05, 4.69) is 4.99 Å². The molecule has 0 N–H and O–H groups in total. The Bertz CT molecular complexity index is 867. The zero-order valence-corrected chi connectivity index (χ0v) is 15.5. The number of amides is 1. The number of hydrogen-bond acceptors (Lipinski definition) is 5. The Labute approximate surface area is 156 Å². The van der Waals surface area contributed by atoms with Gasteiger partial charge in [-0.3, -0.25) is 4.79 Å². The van der Waals surface area contributed by atoms with Gasteiger partial charge >= 0.3 is 0 Å². The normalized spacial score (nSPS) is 13.6. The number of ether oxygens (including phenoxy) is 3. The van der Waals surface area contributed by atoms with Crippen LogP contribution in [-0.4, -0.2) is 43.9 Å². The van der Waals surface area contributed by atoms with Crippen LogP contribution in [0.4, 0.5) is 5.69 Å². The van der Waals surface area contributed by atoms with Crippen LogP contribution in [0.2, 0.25) is 0 Å². The Morgan fingerprint density at radius 1 is 1.04 bits per heavy atom. The number of aliphatic imine (C=N–C) groups is 1. The molecule has 0 bridgehead atoms. The summed E-state index contributed by atoms with van der Waals surface area (Å²) < 4.78 is 15.9. The summed E-state index contributed by atoms with van der Waals surface area (Å²) in [6, 6.07) is 10.6. The number of hydrogen-bond donors (Lipinski definition) is 0. The van der Waals surface area contributed by atoms with Crippen molar-refractivity contribution in [2.24, 2.45) is 4.99 Å². The van der Waals surface area contributed by atoms with Gasteiger partial charge < -0.3 is 19.1 Å². The van der Waals surface area contributed by atoms with Gasteiger partial charge in [-0.15, -0.1) is 0 Å². The summed E-state index contributed by atoms with van der Waals surface area (Å²) in [5, 5.41) is 0.342. The second-order valence-electron chi connectivity index (χ2n) is 5.71. The zero-order chi connectivity index (χ0) is 18.7. The van der Waals surface area contributed by atoms with Gasteiger partial charge in [0.1, 0.15) is 22.4 Å². The number of carbonyl (C=O) groups is 1. The SMILES string of the molecule is COc1ccc(CN2CC(Cl)=Nc3ccc(OC)cc3C2=O)c(OC)c1. The number of methoxy groups -OCH3 is 3. The highest BCUT2D eigenvalue weighted by Gasteiger charge is 2.25. The summed E-state index contributed by atoms with van der Waals surface area (Å²) in [5.41, 5.74) is 1.83. The Morgan fingerprint density at radius 2 is 1.73 bits per heavy atom. The van der Waals surface area contributed by atoms with Crippen molar-refractivity contribution < 1.29 is 19.0 Å². The lowest BCUT2D eigenvalue weighted by Gasteiger charge is -2.22. The number of nitrogens with zero attached hydrogens (tertiary/aromatic N) is 2. The van der Waals surface area contributed by atoms with Crippen molar-refractivity contribution in [3.63, 3.8) is 0 Å². The van der Waals surface area contributed by atoms with Gasteiger partial charge in [0.25, 0.3) is 5.91 Å². The summed E-state index contributed by atoms with van der Waals surface area (Å²) in [4.78, 5) is 19.0. The van der Waals surface area contributed by atoms with Crippen molar-refractivity contribution in [1.29, 1.82) is 0 Å². The van der Waals surface area contributed by atoms with Crippen molar-refractivity contribution in [3.8, 4) is 17.2 Å². The van der Waals surface area contributed by atoms with Crippen molar-refractivity contribution >= 4 is 28.4 Å². The molecule has 2 aromatic rings. The molecular weight excluding hydrogens is 356 g/mol. The summed E-state index contributed by atoms with van der Waals surface area (Å²) in [6.45, 7) is 0.543. The summed E-state index contributed by atoms with van der Waals surface area (Å²) >= 11 is 6.24. The van der Waals surface area contributed by atoms with E-state index >= 15 is 0 Å². The van der Waals surface area contributed by atoms with Crippen LogP contribution < -0.4 is 14.2 Å². The third-order valence-corrected chi connectivity index (χ3v) is 4.34. The van der Waals surface area contributed by atoms with Gasteiger partial charge in [0.2, 0.25) is 0 Å². The minimum atomic E-state index is -0.170. The largest absolute Gasteiger partial charge is 0.497 e. The van der Waals surface area contributed by atoms with E-state index in [4.69, 9.17) is 25.8 Å². The standard InChI is InChI=1S/C19H19ClN2O4/c1-24-13-6-7-16-15(8-13)19(23)22(11-18(20)21-16)10-12-4-5-14(25-2)9-17(12)26-3/h4-9H,10-11H2,1-3H3. The molecule has 0 unspecified atom stereocenters. The van der Waals surface area contributed by atoms with Crippen LogP contribution in [-0.2, 0) is 6.54 Å². The maximum Gasteiger partial charge on any atom is 0.256 e. The highest BCUT2D eigenvalue weighted by atomic mass is 35.5. The lowest BCUT2D eigenvalue weighted by Crippen LogP contribution is -2.33. The molecule has 0 aliphatic carbocycles. The van der Waals surface area contributed by atoms with Crippen molar-refractivity contribution in [2.45, 2.75) is 6.54 Å². The maximum atomic E-state index is 13.1. The first-order valence-corrected chi connectivity index (χ1v) is 8.34. The van der Waals surface area contributed by atoms with E-state index in [1.807, 2.05) is 12.1 Å². The van der Waals surface area contributed by atoms with Crippen LogP contribution in [0, 0.1) is 0 Å². The van der Waals surface area contributed by atoms with Gasteiger partial charge in [0.05, 0.1) is 45.7 Å². The molecule has 0 aromatic heterocycles. The lowest BCUT2D eigenvalue weighted by molar-refractivity contribution is 0.0771. The fourth-order valence-corrected chi connectivity index (χ4v) is 3.03. The topological polar surface area (TPSA) is 60.4 Å². The highest BCUT2D eigenvalue weighted by Crippen LogP contribution is 2.31. The van der Waals surface area contributed by atoms with Gasteiger partial charge in [-0.1, -0.05) is 11.6 Å².